The predicted octanol–water partition coefficient (Wildman–Crippen LogP) is 3.36. The van der Waals surface area contributed by atoms with Crippen molar-refractivity contribution in [3.05, 3.63) is 46.1 Å². The highest BCUT2D eigenvalue weighted by atomic mass is 79.9. The Morgan fingerprint density at radius 3 is 2.25 bits per heavy atom. The second kappa shape index (κ2) is 10.1. The molecule has 0 unspecified atom stereocenters. The number of rotatable bonds is 7. The average Bonchev–Trinajstić information content (AvgIpc) is 2.59. The zero-order valence-corrected chi connectivity index (χ0v) is 15.8. The van der Waals surface area contributed by atoms with E-state index in [0.29, 0.717) is 11.1 Å². The number of amides is 1. The van der Waals surface area contributed by atoms with Crippen LogP contribution < -0.4 is 5.32 Å². The van der Waals surface area contributed by atoms with Gasteiger partial charge >= 0.3 is 12.1 Å². The molecule has 0 heterocycles. The lowest BCUT2D eigenvalue weighted by atomic mass is 10.1. The molecule has 0 aliphatic heterocycles. The van der Waals surface area contributed by atoms with E-state index in [-0.39, 0.29) is 11.6 Å². The second-order valence-electron chi connectivity index (χ2n) is 5.29. The monoisotopic (exact) mass is 399 g/mol. The molecule has 1 rings (SSSR count). The number of benzene rings is 1. The van der Waals surface area contributed by atoms with Crippen molar-refractivity contribution in [1.29, 1.82) is 0 Å². The molecule has 0 saturated carbocycles. The summed E-state index contributed by atoms with van der Waals surface area (Å²) in [5.74, 6) is -0.650. The van der Waals surface area contributed by atoms with Gasteiger partial charge in [-0.05, 0) is 11.5 Å². The van der Waals surface area contributed by atoms with Gasteiger partial charge in [0.1, 0.15) is 5.70 Å². The average molecular weight is 400 g/mol. The maximum atomic E-state index is 12.0. The Morgan fingerprint density at radius 1 is 1.12 bits per heavy atom. The van der Waals surface area contributed by atoms with Crippen LogP contribution in [0.4, 0.5) is 4.79 Å². The molecule has 1 N–H and O–H groups in total. The molecule has 7 heteroatoms. The van der Waals surface area contributed by atoms with Gasteiger partial charge in [0, 0.05) is 0 Å². The van der Waals surface area contributed by atoms with Crippen LogP contribution in [0.3, 0.4) is 0 Å². The Balaban J connectivity index is 3.03. The summed E-state index contributed by atoms with van der Waals surface area (Å²) >= 11 is 3.37. The fraction of sp³-hybridized carbons (Fsp3) is 0.412. The second-order valence-corrected chi connectivity index (χ2v) is 6.15. The van der Waals surface area contributed by atoms with E-state index < -0.39 is 18.2 Å². The molecule has 132 valence electrons. The fourth-order valence-electron chi connectivity index (χ4n) is 1.92. The van der Waals surface area contributed by atoms with Crippen LogP contribution in [0.5, 0.6) is 0 Å². The zero-order chi connectivity index (χ0) is 18.1. The molecule has 1 amide bonds. The van der Waals surface area contributed by atoms with Crippen LogP contribution >= 0.6 is 15.9 Å². The van der Waals surface area contributed by atoms with E-state index in [1.165, 1.54) is 14.2 Å². The van der Waals surface area contributed by atoms with Gasteiger partial charge in [0.2, 0.25) is 0 Å². The molecular formula is C17H22BrNO5. The van der Waals surface area contributed by atoms with Crippen LogP contribution in [0.2, 0.25) is 0 Å². The number of methoxy groups -OCH3 is 2. The summed E-state index contributed by atoms with van der Waals surface area (Å²) in [5, 5.41) is 2.37. The molecule has 0 aliphatic carbocycles. The minimum atomic E-state index is -0.766. The van der Waals surface area contributed by atoms with Crippen molar-refractivity contribution in [2.45, 2.75) is 26.6 Å². The molecule has 1 aromatic carbocycles. The first-order valence-electron chi connectivity index (χ1n) is 7.39. The van der Waals surface area contributed by atoms with Crippen LogP contribution in [-0.4, -0.2) is 32.4 Å². The first-order valence-corrected chi connectivity index (χ1v) is 8.18. The van der Waals surface area contributed by atoms with Crippen molar-refractivity contribution in [2.24, 2.45) is 5.92 Å². The van der Waals surface area contributed by atoms with Gasteiger partial charge in [-0.25, -0.2) is 9.59 Å². The number of halogens is 1. The zero-order valence-electron chi connectivity index (χ0n) is 14.2. The lowest BCUT2D eigenvalue weighted by Crippen LogP contribution is -2.32. The normalized spacial score (nSPS) is 13.1. The molecule has 24 heavy (non-hydrogen) atoms. The summed E-state index contributed by atoms with van der Waals surface area (Å²) in [7, 11) is 2.45. The van der Waals surface area contributed by atoms with E-state index in [1.807, 2.05) is 44.2 Å². The van der Waals surface area contributed by atoms with E-state index in [1.54, 1.807) is 0 Å². The van der Waals surface area contributed by atoms with Gasteiger partial charge in [-0.3, -0.25) is 5.32 Å². The Morgan fingerprint density at radius 2 is 1.75 bits per heavy atom. The first-order chi connectivity index (χ1) is 11.4. The number of hydrogen-bond acceptors (Lipinski definition) is 5. The highest BCUT2D eigenvalue weighted by Crippen LogP contribution is 2.26. The van der Waals surface area contributed by atoms with Gasteiger partial charge in [0.15, 0.2) is 0 Å². The lowest BCUT2D eigenvalue weighted by Gasteiger charge is -2.23. The maximum absolute atomic E-state index is 12.0. The lowest BCUT2D eigenvalue weighted by molar-refractivity contribution is -0.136. The topological polar surface area (TPSA) is 73.9 Å². The largest absolute Gasteiger partial charge is 0.464 e. The van der Waals surface area contributed by atoms with Crippen LogP contribution in [0.25, 0.3) is 0 Å². The third-order valence-corrected chi connectivity index (χ3v) is 4.02. The Labute approximate surface area is 150 Å². The number of carbonyl (C=O) groups is 2. The van der Waals surface area contributed by atoms with Crippen LogP contribution in [0, 0.1) is 5.92 Å². The van der Waals surface area contributed by atoms with Crippen molar-refractivity contribution in [3.8, 4) is 0 Å². The number of ether oxygens (including phenoxy) is 3. The third kappa shape index (κ3) is 5.98. The maximum Gasteiger partial charge on any atom is 0.411 e. The van der Waals surface area contributed by atoms with Gasteiger partial charge in [-0.2, -0.15) is 0 Å². The van der Waals surface area contributed by atoms with E-state index >= 15 is 0 Å². The van der Waals surface area contributed by atoms with Crippen molar-refractivity contribution in [1.82, 2.24) is 5.32 Å². The molecule has 0 bridgehead atoms. The minimum Gasteiger partial charge on any atom is -0.464 e. The van der Waals surface area contributed by atoms with Gasteiger partial charge in [0.25, 0.3) is 0 Å². The molecule has 1 aromatic rings. The van der Waals surface area contributed by atoms with Gasteiger partial charge in [-0.15, -0.1) is 0 Å². The molecule has 0 saturated heterocycles. The van der Waals surface area contributed by atoms with Gasteiger partial charge in [0.05, 0.1) is 31.4 Å². The fourth-order valence-corrected chi connectivity index (χ4v) is 2.85. The number of alkyl carbamates (subject to hydrolysis) is 1. The van der Waals surface area contributed by atoms with Crippen molar-refractivity contribution >= 4 is 28.0 Å². The van der Waals surface area contributed by atoms with E-state index in [4.69, 9.17) is 9.47 Å². The minimum absolute atomic E-state index is 0.0437. The molecule has 0 aliphatic rings. The molecule has 0 spiro atoms. The molecule has 1 atom stereocenters. The summed E-state index contributed by atoms with van der Waals surface area (Å²) < 4.78 is 15.6. The van der Waals surface area contributed by atoms with Crippen LogP contribution in [0.1, 0.15) is 19.4 Å². The van der Waals surface area contributed by atoms with Gasteiger partial charge < -0.3 is 14.2 Å². The smallest absolute Gasteiger partial charge is 0.411 e. The standard InChI is InChI=1S/C17H22BrNO5/c1-11(2)15(24-10-12-8-6-5-7-9-12)13(18)14(16(20)22-3)19-17(21)23-4/h5-9,11,15H,10H2,1-4H3,(H,19,21)/b14-13-/t15-/m0/s1. The highest BCUT2D eigenvalue weighted by Gasteiger charge is 2.26. The summed E-state index contributed by atoms with van der Waals surface area (Å²) in [6.45, 7) is 4.26. The van der Waals surface area contributed by atoms with Crippen molar-refractivity contribution in [3.63, 3.8) is 0 Å². The predicted molar refractivity (Wildman–Crippen MR) is 93.4 cm³/mol. The first kappa shape index (κ1) is 20.2. The summed E-state index contributed by atoms with van der Waals surface area (Å²) in [4.78, 5) is 23.5. The van der Waals surface area contributed by atoms with Crippen molar-refractivity contribution in [2.75, 3.05) is 14.2 Å². The van der Waals surface area contributed by atoms with Crippen LogP contribution in [0.15, 0.2) is 40.5 Å². The number of hydrogen-bond donors (Lipinski definition) is 1. The van der Waals surface area contributed by atoms with E-state index in [0.717, 1.165) is 5.56 Å². The Bertz CT molecular complexity index is 586. The van der Waals surface area contributed by atoms with E-state index in [2.05, 4.69) is 26.0 Å². The quantitative estimate of drug-likeness (QED) is 0.561. The SMILES string of the molecule is COC(=O)N/C(C(=O)OC)=C(\Br)[C@@H](OCc1ccccc1)C(C)C. The van der Waals surface area contributed by atoms with E-state index in [9.17, 15) is 9.59 Å². The van der Waals surface area contributed by atoms with Crippen LogP contribution in [-0.2, 0) is 25.6 Å². The molecular weight excluding hydrogens is 378 g/mol. The highest BCUT2D eigenvalue weighted by molar-refractivity contribution is 9.11. The van der Waals surface area contributed by atoms with Gasteiger partial charge in [-0.1, -0.05) is 60.1 Å². The molecule has 6 nitrogen and oxygen atoms in total. The summed E-state index contributed by atoms with van der Waals surface area (Å²) in [6, 6.07) is 9.67. The molecule has 0 aromatic heterocycles. The third-order valence-electron chi connectivity index (χ3n) is 3.17. The number of nitrogens with one attached hydrogen (secondary N) is 1. The Hall–Kier alpha value is -1.86. The number of esters is 1. The molecule has 0 radical (unpaired) electrons. The summed E-state index contributed by atoms with van der Waals surface area (Å²) in [5.41, 5.74) is 0.958. The summed E-state index contributed by atoms with van der Waals surface area (Å²) in [6.07, 6.45) is -1.21. The number of carbonyl (C=O) groups excluding carboxylic acids is 2. The Kier molecular flexibility index (Phi) is 8.49. The molecule has 0 fully saturated rings. The van der Waals surface area contributed by atoms with Crippen molar-refractivity contribution < 1.29 is 23.8 Å².